The lowest BCUT2D eigenvalue weighted by Crippen LogP contribution is -2.39. The summed E-state index contributed by atoms with van der Waals surface area (Å²) in [7, 11) is 3.97. The smallest absolute Gasteiger partial charge is 0.253 e. The number of imidazole rings is 1. The Morgan fingerprint density at radius 3 is 2.71 bits per heavy atom. The van der Waals surface area contributed by atoms with Crippen LogP contribution in [0.2, 0.25) is 0 Å². The van der Waals surface area contributed by atoms with E-state index in [1.807, 2.05) is 50.2 Å². The number of aromatic nitrogens is 3. The molecule has 1 aromatic carbocycles. The molecule has 3 rings (SSSR count). The first-order chi connectivity index (χ1) is 11.5. The predicted octanol–water partition coefficient (Wildman–Crippen LogP) is 2.30. The average molecular weight is 323 g/mol. The van der Waals surface area contributed by atoms with Gasteiger partial charge < -0.3 is 15.2 Å². The molecule has 1 unspecified atom stereocenters. The number of aromatic amines is 1. The predicted molar refractivity (Wildman–Crippen MR) is 94.8 cm³/mol. The number of hydrogen-bond donors (Lipinski definition) is 2. The van der Waals surface area contributed by atoms with Crippen LogP contribution in [0.3, 0.4) is 0 Å². The molecule has 1 atom stereocenters. The molecule has 2 aromatic heterocycles. The highest BCUT2D eigenvalue weighted by Gasteiger charge is 2.16. The van der Waals surface area contributed by atoms with Crippen LogP contribution in [-0.2, 0) is 0 Å². The van der Waals surface area contributed by atoms with Gasteiger partial charge >= 0.3 is 0 Å². The number of para-hydroxylation sites is 1. The molecular formula is C18H21N5O. The summed E-state index contributed by atoms with van der Waals surface area (Å²) < 4.78 is 0. The van der Waals surface area contributed by atoms with Crippen LogP contribution in [0, 0.1) is 0 Å². The van der Waals surface area contributed by atoms with Gasteiger partial charge in [0.1, 0.15) is 11.3 Å². The van der Waals surface area contributed by atoms with E-state index in [0.29, 0.717) is 11.1 Å². The number of likely N-dealkylation sites (N-methyl/N-ethyl adjacent to an activating group) is 1. The number of amides is 1. The highest BCUT2D eigenvalue weighted by atomic mass is 16.1. The van der Waals surface area contributed by atoms with E-state index < -0.39 is 0 Å². The van der Waals surface area contributed by atoms with Gasteiger partial charge in [0.05, 0.1) is 11.1 Å². The van der Waals surface area contributed by atoms with E-state index in [4.69, 9.17) is 0 Å². The lowest BCUT2D eigenvalue weighted by atomic mass is 10.1. The summed E-state index contributed by atoms with van der Waals surface area (Å²) in [6.45, 7) is 2.77. The van der Waals surface area contributed by atoms with Gasteiger partial charge in [0.15, 0.2) is 0 Å². The highest BCUT2D eigenvalue weighted by Crippen LogP contribution is 2.22. The monoisotopic (exact) mass is 323 g/mol. The van der Waals surface area contributed by atoms with Crippen molar-refractivity contribution in [3.8, 4) is 11.4 Å². The van der Waals surface area contributed by atoms with Crippen LogP contribution in [0.4, 0.5) is 0 Å². The summed E-state index contributed by atoms with van der Waals surface area (Å²) >= 11 is 0. The van der Waals surface area contributed by atoms with Gasteiger partial charge in [-0.15, -0.1) is 0 Å². The third kappa shape index (κ3) is 3.44. The van der Waals surface area contributed by atoms with Crippen molar-refractivity contribution in [2.24, 2.45) is 0 Å². The van der Waals surface area contributed by atoms with Crippen molar-refractivity contribution in [2.45, 2.75) is 13.0 Å². The number of rotatable bonds is 5. The Hall–Kier alpha value is -2.73. The molecule has 2 N–H and O–H groups in total. The van der Waals surface area contributed by atoms with Crippen LogP contribution >= 0.6 is 0 Å². The third-order valence-corrected chi connectivity index (χ3v) is 3.73. The minimum atomic E-state index is -0.109. The van der Waals surface area contributed by atoms with Crippen molar-refractivity contribution >= 4 is 16.9 Å². The molecular weight excluding hydrogens is 302 g/mol. The molecule has 0 aliphatic heterocycles. The summed E-state index contributed by atoms with van der Waals surface area (Å²) in [6.07, 6.45) is 3.44. The van der Waals surface area contributed by atoms with Gasteiger partial charge in [0.25, 0.3) is 5.91 Å². The van der Waals surface area contributed by atoms with Gasteiger partial charge in [-0.25, -0.2) is 4.98 Å². The second kappa shape index (κ2) is 6.80. The van der Waals surface area contributed by atoms with E-state index in [0.717, 1.165) is 23.4 Å². The molecule has 1 amide bonds. The van der Waals surface area contributed by atoms with Crippen molar-refractivity contribution in [3.05, 3.63) is 48.3 Å². The van der Waals surface area contributed by atoms with Gasteiger partial charge in [0.2, 0.25) is 0 Å². The van der Waals surface area contributed by atoms with E-state index in [1.165, 1.54) is 0 Å². The summed E-state index contributed by atoms with van der Waals surface area (Å²) in [5, 5.41) is 3.02. The molecule has 0 saturated heterocycles. The fraction of sp³-hybridized carbons (Fsp3) is 0.278. The molecule has 0 aliphatic rings. The van der Waals surface area contributed by atoms with E-state index in [1.54, 1.807) is 18.5 Å². The topological polar surface area (TPSA) is 73.9 Å². The Kier molecular flexibility index (Phi) is 4.57. The number of nitrogens with one attached hydrogen (secondary N) is 2. The number of hydrogen-bond acceptors (Lipinski definition) is 4. The van der Waals surface area contributed by atoms with E-state index >= 15 is 0 Å². The summed E-state index contributed by atoms with van der Waals surface area (Å²) in [5.41, 5.74) is 3.04. The summed E-state index contributed by atoms with van der Waals surface area (Å²) in [4.78, 5) is 26.5. The first kappa shape index (κ1) is 16.1. The first-order valence-electron chi connectivity index (χ1n) is 7.89. The van der Waals surface area contributed by atoms with Crippen molar-refractivity contribution in [1.29, 1.82) is 0 Å². The molecule has 0 bridgehead atoms. The quantitative estimate of drug-likeness (QED) is 0.755. The molecule has 6 nitrogen and oxygen atoms in total. The zero-order valence-electron chi connectivity index (χ0n) is 14.1. The average Bonchev–Trinajstić information content (AvgIpc) is 2.98. The largest absolute Gasteiger partial charge is 0.348 e. The second-order valence-corrected chi connectivity index (χ2v) is 6.16. The SMILES string of the molecule is CC(CN(C)C)NC(=O)c1cccc2[nH]c(-c3ccncc3)nc12. The maximum atomic E-state index is 12.6. The van der Waals surface area contributed by atoms with Crippen LogP contribution in [0.15, 0.2) is 42.7 Å². The lowest BCUT2D eigenvalue weighted by molar-refractivity contribution is 0.0936. The number of fused-ring (bicyclic) bond motifs is 1. The molecule has 24 heavy (non-hydrogen) atoms. The van der Waals surface area contributed by atoms with E-state index in [9.17, 15) is 4.79 Å². The van der Waals surface area contributed by atoms with Crippen molar-refractivity contribution in [1.82, 2.24) is 25.2 Å². The zero-order chi connectivity index (χ0) is 17.1. The van der Waals surface area contributed by atoms with Gasteiger partial charge in [-0.05, 0) is 45.3 Å². The van der Waals surface area contributed by atoms with Crippen LogP contribution in [-0.4, -0.2) is 52.4 Å². The number of H-pyrrole nitrogens is 1. The second-order valence-electron chi connectivity index (χ2n) is 6.16. The Bertz CT molecular complexity index is 841. The normalized spacial score (nSPS) is 12.5. The first-order valence-corrected chi connectivity index (χ1v) is 7.89. The standard InChI is InChI=1S/C18H21N5O/c1-12(11-23(2)3)20-18(24)14-5-4-6-15-16(14)22-17(21-15)13-7-9-19-10-8-13/h4-10,12H,11H2,1-3H3,(H,20,24)(H,21,22). The van der Waals surface area contributed by atoms with E-state index in [-0.39, 0.29) is 11.9 Å². The molecule has 2 heterocycles. The Morgan fingerprint density at radius 2 is 2.00 bits per heavy atom. The zero-order valence-corrected chi connectivity index (χ0v) is 14.1. The number of carbonyl (C=O) groups excluding carboxylic acids is 1. The van der Waals surface area contributed by atoms with Crippen molar-refractivity contribution in [3.63, 3.8) is 0 Å². The minimum absolute atomic E-state index is 0.0568. The summed E-state index contributed by atoms with van der Waals surface area (Å²) in [5.74, 6) is 0.622. The van der Waals surface area contributed by atoms with Crippen molar-refractivity contribution in [2.75, 3.05) is 20.6 Å². The fourth-order valence-corrected chi connectivity index (χ4v) is 2.76. The maximum absolute atomic E-state index is 12.6. The molecule has 0 radical (unpaired) electrons. The fourth-order valence-electron chi connectivity index (χ4n) is 2.76. The molecule has 3 aromatic rings. The molecule has 124 valence electrons. The van der Waals surface area contributed by atoms with Crippen LogP contribution in [0.1, 0.15) is 17.3 Å². The molecule has 0 saturated carbocycles. The molecule has 0 fully saturated rings. The minimum Gasteiger partial charge on any atom is -0.348 e. The number of nitrogens with zero attached hydrogens (tertiary/aromatic N) is 3. The van der Waals surface area contributed by atoms with Gasteiger partial charge in [-0.3, -0.25) is 9.78 Å². The molecule has 0 spiro atoms. The highest BCUT2D eigenvalue weighted by molar-refractivity contribution is 6.05. The third-order valence-electron chi connectivity index (χ3n) is 3.73. The number of benzene rings is 1. The van der Waals surface area contributed by atoms with Crippen LogP contribution < -0.4 is 5.32 Å². The van der Waals surface area contributed by atoms with Gasteiger partial charge in [-0.1, -0.05) is 6.07 Å². The molecule has 0 aliphatic carbocycles. The van der Waals surface area contributed by atoms with Gasteiger partial charge in [-0.2, -0.15) is 0 Å². The number of carbonyl (C=O) groups is 1. The number of pyridine rings is 1. The maximum Gasteiger partial charge on any atom is 0.253 e. The lowest BCUT2D eigenvalue weighted by Gasteiger charge is -2.18. The van der Waals surface area contributed by atoms with Crippen LogP contribution in [0.25, 0.3) is 22.4 Å². The summed E-state index contributed by atoms with van der Waals surface area (Å²) in [6, 6.07) is 9.42. The molecule has 6 heteroatoms. The van der Waals surface area contributed by atoms with Crippen LogP contribution in [0.5, 0.6) is 0 Å². The van der Waals surface area contributed by atoms with Crippen molar-refractivity contribution < 1.29 is 4.79 Å². The van der Waals surface area contributed by atoms with E-state index in [2.05, 4.69) is 20.3 Å². The Morgan fingerprint density at radius 1 is 1.25 bits per heavy atom. The Labute approximate surface area is 140 Å². The Balaban J connectivity index is 1.91. The van der Waals surface area contributed by atoms with Gasteiger partial charge in [0, 0.05) is 30.5 Å².